The molecule has 0 saturated carbocycles. The van der Waals surface area contributed by atoms with E-state index >= 15 is 0 Å². The van der Waals surface area contributed by atoms with E-state index in [9.17, 15) is 0 Å². The van der Waals surface area contributed by atoms with Crippen LogP contribution in [0.15, 0.2) is 29.3 Å². The van der Waals surface area contributed by atoms with Crippen LogP contribution in [0.25, 0.3) is 0 Å². The van der Waals surface area contributed by atoms with Gasteiger partial charge in [-0.15, -0.1) is 0 Å². The molecule has 112 valence electrons. The molecule has 0 bridgehead atoms. The number of guanidine groups is 1. The SMILES string of the molecule is CCNC(=NCCCSC)NC(C)c1ccccc1Cl. The summed E-state index contributed by atoms with van der Waals surface area (Å²) in [6.07, 6.45) is 3.21. The van der Waals surface area contributed by atoms with Gasteiger partial charge in [-0.1, -0.05) is 29.8 Å². The quantitative estimate of drug-likeness (QED) is 0.458. The summed E-state index contributed by atoms with van der Waals surface area (Å²) < 4.78 is 0. The van der Waals surface area contributed by atoms with Crippen LogP contribution in [0, 0.1) is 0 Å². The molecule has 0 aliphatic heterocycles. The lowest BCUT2D eigenvalue weighted by molar-refractivity contribution is 0.686. The van der Waals surface area contributed by atoms with Crippen LogP contribution in [0.1, 0.15) is 31.9 Å². The monoisotopic (exact) mass is 313 g/mol. The van der Waals surface area contributed by atoms with Crippen molar-refractivity contribution >= 4 is 29.3 Å². The zero-order chi connectivity index (χ0) is 14.8. The fourth-order valence-electron chi connectivity index (χ4n) is 1.83. The number of hydrogen-bond donors (Lipinski definition) is 2. The summed E-state index contributed by atoms with van der Waals surface area (Å²) in [5, 5.41) is 7.45. The minimum Gasteiger partial charge on any atom is -0.357 e. The number of halogens is 1. The highest BCUT2D eigenvalue weighted by atomic mass is 35.5. The van der Waals surface area contributed by atoms with E-state index in [1.165, 1.54) is 0 Å². The van der Waals surface area contributed by atoms with Crippen LogP contribution in [0.3, 0.4) is 0 Å². The van der Waals surface area contributed by atoms with Gasteiger partial charge >= 0.3 is 0 Å². The smallest absolute Gasteiger partial charge is 0.191 e. The van der Waals surface area contributed by atoms with Crippen molar-refractivity contribution in [1.82, 2.24) is 10.6 Å². The van der Waals surface area contributed by atoms with Crippen molar-refractivity contribution in [1.29, 1.82) is 0 Å². The summed E-state index contributed by atoms with van der Waals surface area (Å²) in [7, 11) is 0. The van der Waals surface area contributed by atoms with Gasteiger partial charge in [0.15, 0.2) is 5.96 Å². The molecule has 0 amide bonds. The first-order valence-corrected chi connectivity index (χ1v) is 8.74. The Morgan fingerprint density at radius 2 is 2.15 bits per heavy atom. The van der Waals surface area contributed by atoms with Crippen LogP contribution in [0.5, 0.6) is 0 Å². The first-order valence-electron chi connectivity index (χ1n) is 6.97. The van der Waals surface area contributed by atoms with Gasteiger partial charge in [-0.25, -0.2) is 0 Å². The molecule has 0 aliphatic carbocycles. The highest BCUT2D eigenvalue weighted by molar-refractivity contribution is 7.98. The largest absolute Gasteiger partial charge is 0.357 e. The molecule has 0 radical (unpaired) electrons. The fourth-order valence-corrected chi connectivity index (χ4v) is 2.55. The lowest BCUT2D eigenvalue weighted by Gasteiger charge is -2.19. The Bertz CT molecular complexity index is 423. The average molecular weight is 314 g/mol. The molecule has 0 heterocycles. The zero-order valence-corrected chi connectivity index (χ0v) is 14.0. The van der Waals surface area contributed by atoms with Gasteiger partial charge in [0.1, 0.15) is 0 Å². The highest BCUT2D eigenvalue weighted by Gasteiger charge is 2.10. The number of thioether (sulfide) groups is 1. The Labute approximate surface area is 131 Å². The highest BCUT2D eigenvalue weighted by Crippen LogP contribution is 2.21. The van der Waals surface area contributed by atoms with E-state index in [4.69, 9.17) is 11.6 Å². The molecule has 0 saturated heterocycles. The number of aliphatic imine (C=N–C) groups is 1. The molecule has 3 nitrogen and oxygen atoms in total. The van der Waals surface area contributed by atoms with Crippen molar-refractivity contribution in [2.24, 2.45) is 4.99 Å². The maximum Gasteiger partial charge on any atom is 0.191 e. The van der Waals surface area contributed by atoms with E-state index in [-0.39, 0.29) is 6.04 Å². The van der Waals surface area contributed by atoms with E-state index in [1.807, 2.05) is 36.0 Å². The maximum absolute atomic E-state index is 6.22. The number of nitrogens with zero attached hydrogens (tertiary/aromatic N) is 1. The number of rotatable bonds is 7. The summed E-state index contributed by atoms with van der Waals surface area (Å²) in [4.78, 5) is 4.58. The second kappa shape index (κ2) is 9.94. The molecule has 1 aromatic carbocycles. The van der Waals surface area contributed by atoms with Crippen LogP contribution < -0.4 is 10.6 Å². The van der Waals surface area contributed by atoms with Gasteiger partial charge in [-0.05, 0) is 43.9 Å². The van der Waals surface area contributed by atoms with Gasteiger partial charge in [0, 0.05) is 18.1 Å². The molecule has 0 spiro atoms. The van der Waals surface area contributed by atoms with Crippen LogP contribution in [0.4, 0.5) is 0 Å². The normalized spacial score (nSPS) is 13.1. The summed E-state index contributed by atoms with van der Waals surface area (Å²) in [5.41, 5.74) is 1.09. The van der Waals surface area contributed by atoms with E-state index in [0.29, 0.717) is 0 Å². The third kappa shape index (κ3) is 6.06. The van der Waals surface area contributed by atoms with E-state index in [2.05, 4.69) is 35.7 Å². The number of benzene rings is 1. The van der Waals surface area contributed by atoms with Crippen molar-refractivity contribution in [3.63, 3.8) is 0 Å². The minimum absolute atomic E-state index is 0.127. The van der Waals surface area contributed by atoms with Crippen molar-refractivity contribution < 1.29 is 0 Å². The Morgan fingerprint density at radius 3 is 2.80 bits per heavy atom. The average Bonchev–Trinajstić information content (AvgIpc) is 2.44. The number of nitrogens with one attached hydrogen (secondary N) is 2. The Balaban J connectivity index is 2.62. The first-order chi connectivity index (χ1) is 9.69. The standard InChI is InChI=1S/C15H24ClN3S/c1-4-17-15(18-10-7-11-20-3)19-12(2)13-8-5-6-9-14(13)16/h5-6,8-9,12H,4,7,10-11H2,1-3H3,(H2,17,18,19). The molecular weight excluding hydrogens is 290 g/mol. The fraction of sp³-hybridized carbons (Fsp3) is 0.533. The maximum atomic E-state index is 6.22. The van der Waals surface area contributed by atoms with Gasteiger partial charge in [0.25, 0.3) is 0 Å². The van der Waals surface area contributed by atoms with E-state index < -0.39 is 0 Å². The number of hydrogen-bond acceptors (Lipinski definition) is 2. The molecule has 2 N–H and O–H groups in total. The van der Waals surface area contributed by atoms with Crippen LogP contribution in [-0.4, -0.2) is 31.1 Å². The van der Waals surface area contributed by atoms with Crippen molar-refractivity contribution in [2.45, 2.75) is 26.3 Å². The molecule has 1 aromatic rings. The Hall–Kier alpha value is -0.870. The van der Waals surface area contributed by atoms with Crippen molar-refractivity contribution in [3.8, 4) is 0 Å². The molecule has 1 atom stereocenters. The molecule has 5 heteroatoms. The Kier molecular flexibility index (Phi) is 8.54. The van der Waals surface area contributed by atoms with Crippen molar-refractivity contribution in [3.05, 3.63) is 34.9 Å². The minimum atomic E-state index is 0.127. The summed E-state index contributed by atoms with van der Waals surface area (Å²) in [5.74, 6) is 1.99. The predicted molar refractivity (Wildman–Crippen MR) is 92.0 cm³/mol. The van der Waals surface area contributed by atoms with Gasteiger partial charge in [0.2, 0.25) is 0 Å². The van der Waals surface area contributed by atoms with Gasteiger partial charge < -0.3 is 10.6 Å². The second-order valence-corrected chi connectivity index (χ2v) is 5.89. The van der Waals surface area contributed by atoms with Crippen molar-refractivity contribution in [2.75, 3.05) is 25.1 Å². The van der Waals surface area contributed by atoms with E-state index in [0.717, 1.165) is 41.8 Å². The predicted octanol–water partition coefficient (Wildman–Crippen LogP) is 3.71. The molecular formula is C15H24ClN3S. The van der Waals surface area contributed by atoms with Gasteiger partial charge in [-0.3, -0.25) is 4.99 Å². The van der Waals surface area contributed by atoms with Gasteiger partial charge in [-0.2, -0.15) is 11.8 Å². The third-order valence-electron chi connectivity index (χ3n) is 2.85. The zero-order valence-electron chi connectivity index (χ0n) is 12.4. The molecule has 0 aliphatic rings. The van der Waals surface area contributed by atoms with Crippen LogP contribution in [-0.2, 0) is 0 Å². The lowest BCUT2D eigenvalue weighted by Crippen LogP contribution is -2.38. The second-order valence-electron chi connectivity index (χ2n) is 4.49. The molecule has 1 rings (SSSR count). The van der Waals surface area contributed by atoms with E-state index in [1.54, 1.807) is 0 Å². The van der Waals surface area contributed by atoms with Crippen LogP contribution in [0.2, 0.25) is 5.02 Å². The molecule has 1 unspecified atom stereocenters. The topological polar surface area (TPSA) is 36.4 Å². The van der Waals surface area contributed by atoms with Gasteiger partial charge in [0.05, 0.1) is 6.04 Å². The Morgan fingerprint density at radius 1 is 1.40 bits per heavy atom. The summed E-state index contributed by atoms with van der Waals surface area (Å²) in [6, 6.07) is 8.03. The van der Waals surface area contributed by atoms with Crippen LogP contribution >= 0.6 is 23.4 Å². The molecule has 20 heavy (non-hydrogen) atoms. The summed E-state index contributed by atoms with van der Waals surface area (Å²) in [6.45, 7) is 5.85. The third-order valence-corrected chi connectivity index (χ3v) is 3.89. The molecule has 0 fully saturated rings. The molecule has 0 aromatic heterocycles. The first kappa shape index (κ1) is 17.2. The summed E-state index contributed by atoms with van der Waals surface area (Å²) >= 11 is 8.07. The lowest BCUT2D eigenvalue weighted by atomic mass is 10.1.